The molecule has 1 aliphatic carbocycles. The molecule has 1 amide bonds. The molecular weight excluding hydrogens is 620 g/mol. The van der Waals surface area contributed by atoms with Crippen molar-refractivity contribution in [1.29, 1.82) is 0 Å². The largest absolute Gasteiger partial charge is 0.443 e. The Morgan fingerprint density at radius 2 is 2.05 bits per heavy atom. The van der Waals surface area contributed by atoms with Crippen LogP contribution in [0.3, 0.4) is 0 Å². The van der Waals surface area contributed by atoms with E-state index in [0.29, 0.717) is 24.0 Å². The number of amides is 1. The maximum absolute atomic E-state index is 15.4. The van der Waals surface area contributed by atoms with Gasteiger partial charge in [-0.2, -0.15) is 0 Å². The van der Waals surface area contributed by atoms with Crippen LogP contribution >= 0.6 is 27.7 Å². The zero-order valence-electron chi connectivity index (χ0n) is 24.1. The van der Waals surface area contributed by atoms with E-state index in [1.54, 1.807) is 37.6 Å². The summed E-state index contributed by atoms with van der Waals surface area (Å²) < 4.78 is 44.2. The number of halogens is 3. The Morgan fingerprint density at radius 3 is 2.65 bits per heavy atom. The zero-order chi connectivity index (χ0) is 29.5. The van der Waals surface area contributed by atoms with Crippen LogP contribution in [0.25, 0.3) is 0 Å². The Hall–Kier alpha value is -1.83. The molecule has 0 saturated heterocycles. The standard InChI is InChI=1S/C27H38BrF2N5O3SSi/c1-18-14-34(33-32-18)16-26-13-22(26)27(15-29,20-12-19(28)8-9-21(20)30)31-23(39-26)35(24(36)38-25(2,3)4)17-37-10-11-40(5,6)7/h8-9,12,14,22H,10-11,13,15-17H2,1-7H3/t22-,26-,27-/m1/s1. The van der Waals surface area contributed by atoms with Gasteiger partial charge < -0.3 is 9.47 Å². The Morgan fingerprint density at radius 1 is 1.32 bits per heavy atom. The molecule has 1 aromatic heterocycles. The quantitative estimate of drug-likeness (QED) is 0.168. The van der Waals surface area contributed by atoms with Crippen LogP contribution in [0.15, 0.2) is 33.9 Å². The topological polar surface area (TPSA) is 81.8 Å². The van der Waals surface area contributed by atoms with Crippen molar-refractivity contribution < 1.29 is 23.0 Å². The van der Waals surface area contributed by atoms with Crippen molar-refractivity contribution >= 4 is 47.0 Å². The molecule has 220 valence electrons. The first-order valence-corrected chi connectivity index (χ1v) is 18.6. The summed E-state index contributed by atoms with van der Waals surface area (Å²) in [6.07, 6.45) is 1.72. The van der Waals surface area contributed by atoms with Gasteiger partial charge in [-0.15, -0.1) is 5.10 Å². The van der Waals surface area contributed by atoms with Crippen molar-refractivity contribution in [2.24, 2.45) is 10.9 Å². The monoisotopic (exact) mass is 657 g/mol. The molecule has 4 rings (SSSR count). The summed E-state index contributed by atoms with van der Waals surface area (Å²) in [5.74, 6) is -0.885. The first-order valence-electron chi connectivity index (χ1n) is 13.3. The fourth-order valence-electron chi connectivity index (χ4n) is 4.84. The van der Waals surface area contributed by atoms with Crippen LogP contribution in [0.2, 0.25) is 25.7 Å². The van der Waals surface area contributed by atoms with Gasteiger partial charge >= 0.3 is 6.09 Å². The highest BCUT2D eigenvalue weighted by Gasteiger charge is 2.69. The van der Waals surface area contributed by atoms with Gasteiger partial charge in [0.25, 0.3) is 0 Å². The van der Waals surface area contributed by atoms with Gasteiger partial charge in [-0.25, -0.2) is 23.5 Å². The van der Waals surface area contributed by atoms with E-state index < -0.39 is 42.5 Å². The van der Waals surface area contributed by atoms with Gasteiger partial charge in [0.2, 0.25) is 0 Å². The van der Waals surface area contributed by atoms with Crippen LogP contribution in [0, 0.1) is 18.7 Å². The van der Waals surface area contributed by atoms with Crippen molar-refractivity contribution in [3.05, 3.63) is 45.9 Å². The Labute approximate surface area is 248 Å². The minimum absolute atomic E-state index is 0.113. The molecular formula is C27H38BrF2N5O3SSi. The number of aryl methyl sites for hydroxylation is 1. The van der Waals surface area contributed by atoms with E-state index in [1.807, 2.05) is 13.1 Å². The lowest BCUT2D eigenvalue weighted by Crippen LogP contribution is -2.47. The highest BCUT2D eigenvalue weighted by atomic mass is 79.9. The van der Waals surface area contributed by atoms with Gasteiger partial charge in [-0.3, -0.25) is 4.68 Å². The fourth-order valence-corrected chi connectivity index (χ4v) is 7.55. The van der Waals surface area contributed by atoms with Crippen LogP contribution in [-0.2, 0) is 21.6 Å². The van der Waals surface area contributed by atoms with Crippen LogP contribution in [0.1, 0.15) is 38.4 Å². The van der Waals surface area contributed by atoms with E-state index >= 15 is 8.78 Å². The third-order valence-electron chi connectivity index (χ3n) is 6.93. The second-order valence-corrected chi connectivity index (χ2v) is 20.7. The minimum atomic E-state index is -1.54. The van der Waals surface area contributed by atoms with E-state index in [-0.39, 0.29) is 23.4 Å². The number of aliphatic imine (C=N–C) groups is 1. The number of carbonyl (C=O) groups excluding carboxylic acids is 1. The molecule has 1 saturated carbocycles. The van der Waals surface area contributed by atoms with Crippen molar-refractivity contribution in [3.63, 3.8) is 0 Å². The Bertz CT molecular complexity index is 1280. The number of hydrogen-bond donors (Lipinski definition) is 0. The van der Waals surface area contributed by atoms with E-state index in [2.05, 4.69) is 45.9 Å². The van der Waals surface area contributed by atoms with Crippen LogP contribution in [0.5, 0.6) is 0 Å². The van der Waals surface area contributed by atoms with Crippen LogP contribution in [0.4, 0.5) is 13.6 Å². The van der Waals surface area contributed by atoms with E-state index in [9.17, 15) is 4.79 Å². The lowest BCUT2D eigenvalue weighted by molar-refractivity contribution is 0.0109. The summed E-state index contributed by atoms with van der Waals surface area (Å²) in [6, 6.07) is 5.37. The highest BCUT2D eigenvalue weighted by Crippen LogP contribution is 2.67. The van der Waals surface area contributed by atoms with E-state index in [0.717, 1.165) is 11.7 Å². The first-order chi connectivity index (χ1) is 18.6. The summed E-state index contributed by atoms with van der Waals surface area (Å²) in [5.41, 5.74) is -1.42. The smallest absolute Gasteiger partial charge is 0.418 e. The molecule has 0 spiro atoms. The summed E-state index contributed by atoms with van der Waals surface area (Å²) in [5, 5.41) is 8.55. The molecule has 8 nitrogen and oxygen atoms in total. The highest BCUT2D eigenvalue weighted by molar-refractivity contribution is 9.10. The molecule has 1 aliphatic heterocycles. The molecule has 2 aromatic rings. The van der Waals surface area contributed by atoms with Gasteiger partial charge in [-0.1, -0.05) is 52.5 Å². The number of aromatic nitrogens is 3. The summed E-state index contributed by atoms with van der Waals surface area (Å²) in [4.78, 5) is 19.7. The maximum atomic E-state index is 15.4. The van der Waals surface area contributed by atoms with Crippen molar-refractivity contribution in [2.75, 3.05) is 20.0 Å². The molecule has 1 aromatic carbocycles. The number of benzene rings is 1. The van der Waals surface area contributed by atoms with Crippen molar-refractivity contribution in [3.8, 4) is 0 Å². The zero-order valence-corrected chi connectivity index (χ0v) is 27.5. The van der Waals surface area contributed by atoms with Gasteiger partial charge in [-0.05, 0) is 58.4 Å². The first kappa shape index (κ1) is 31.1. The van der Waals surface area contributed by atoms with Crippen LogP contribution < -0.4 is 0 Å². The van der Waals surface area contributed by atoms with Crippen molar-refractivity contribution in [1.82, 2.24) is 19.9 Å². The molecule has 2 heterocycles. The van der Waals surface area contributed by atoms with Gasteiger partial charge in [0.1, 0.15) is 30.4 Å². The maximum Gasteiger partial charge on any atom is 0.418 e. The Balaban J connectivity index is 1.78. The second kappa shape index (κ2) is 11.4. The van der Waals surface area contributed by atoms with E-state index in [1.165, 1.54) is 22.7 Å². The normalized spacial score (nSPS) is 24.4. The second-order valence-electron chi connectivity index (χ2n) is 12.8. The average molecular weight is 659 g/mol. The molecule has 13 heteroatoms. The Kier molecular flexibility index (Phi) is 8.90. The van der Waals surface area contributed by atoms with Crippen LogP contribution in [-0.4, -0.2) is 69.6 Å². The molecule has 40 heavy (non-hydrogen) atoms. The van der Waals surface area contributed by atoms with Gasteiger partial charge in [0.15, 0.2) is 5.17 Å². The number of amidine groups is 1. The molecule has 2 aliphatic rings. The molecule has 1 fully saturated rings. The lowest BCUT2D eigenvalue weighted by atomic mass is 9.85. The molecule has 0 N–H and O–H groups in total. The molecule has 0 unspecified atom stereocenters. The summed E-state index contributed by atoms with van der Waals surface area (Å²) in [6.45, 7) is 13.7. The number of fused-ring (bicyclic) bond motifs is 1. The average Bonchev–Trinajstić information content (AvgIpc) is 3.42. The van der Waals surface area contributed by atoms with E-state index in [4.69, 9.17) is 14.5 Å². The fraction of sp³-hybridized carbons (Fsp3) is 0.630. The van der Waals surface area contributed by atoms with Gasteiger partial charge in [0.05, 0.1) is 12.2 Å². The minimum Gasteiger partial charge on any atom is -0.443 e. The number of rotatable bonds is 9. The molecule has 3 atom stereocenters. The number of thioether (sulfide) groups is 1. The number of nitrogens with zero attached hydrogens (tertiary/aromatic N) is 5. The molecule has 0 bridgehead atoms. The predicted octanol–water partition coefficient (Wildman–Crippen LogP) is 6.76. The SMILES string of the molecule is Cc1cn(C[C@]23C[C@H]2[C@@](CF)(c2cc(Br)ccc2F)N=C(N(COCC[Si](C)(C)C)C(=O)OC(C)(C)C)S3)nn1. The van der Waals surface area contributed by atoms with Crippen molar-refractivity contribution in [2.45, 2.75) is 82.2 Å². The molecule has 0 radical (unpaired) electrons. The van der Waals surface area contributed by atoms with Gasteiger partial charge in [0, 0.05) is 41.6 Å². The lowest BCUT2D eigenvalue weighted by Gasteiger charge is -2.38. The number of carbonyl (C=O) groups is 1. The predicted molar refractivity (Wildman–Crippen MR) is 159 cm³/mol. The third-order valence-corrected chi connectivity index (χ3v) is 10.6. The number of alkyl halides is 1. The summed E-state index contributed by atoms with van der Waals surface area (Å²) >= 11 is 4.79. The third kappa shape index (κ3) is 6.96. The number of ether oxygens (including phenoxy) is 2. The number of hydrogen-bond acceptors (Lipinski definition) is 7. The summed E-state index contributed by atoms with van der Waals surface area (Å²) in [7, 11) is -1.38.